The van der Waals surface area contributed by atoms with E-state index in [1.165, 1.54) is 11.1 Å². The first kappa shape index (κ1) is 10.3. The molecule has 0 atom stereocenters. The molecular weight excluding hydrogens is 186 g/mol. The maximum atomic E-state index is 5.91. The van der Waals surface area contributed by atoms with Crippen LogP contribution in [0.4, 0.5) is 5.69 Å². The first-order chi connectivity index (χ1) is 6.99. The maximum absolute atomic E-state index is 5.91. The number of ether oxygens (including phenoxy) is 1. The molecule has 2 heteroatoms. The Balaban J connectivity index is 2.40. The van der Waals surface area contributed by atoms with Crippen molar-refractivity contribution in [2.45, 2.75) is 27.7 Å². The van der Waals surface area contributed by atoms with Crippen molar-refractivity contribution in [3.8, 4) is 5.75 Å². The fourth-order valence-corrected chi connectivity index (χ4v) is 1.77. The number of anilines is 1. The van der Waals surface area contributed by atoms with Gasteiger partial charge in [-0.05, 0) is 31.0 Å². The van der Waals surface area contributed by atoms with E-state index in [2.05, 4.69) is 45.1 Å². The molecule has 0 aliphatic carbocycles. The van der Waals surface area contributed by atoms with E-state index in [-0.39, 0.29) is 5.41 Å². The van der Waals surface area contributed by atoms with Crippen LogP contribution in [-0.4, -0.2) is 13.2 Å². The highest BCUT2D eigenvalue weighted by molar-refractivity contribution is 5.62. The molecule has 1 aromatic carbocycles. The van der Waals surface area contributed by atoms with Crippen LogP contribution in [0, 0.1) is 19.3 Å². The van der Waals surface area contributed by atoms with E-state index >= 15 is 0 Å². The van der Waals surface area contributed by atoms with Crippen molar-refractivity contribution < 1.29 is 4.74 Å². The van der Waals surface area contributed by atoms with Crippen molar-refractivity contribution in [3.63, 3.8) is 0 Å². The van der Waals surface area contributed by atoms with Gasteiger partial charge in [-0.25, -0.2) is 0 Å². The molecule has 0 saturated carbocycles. The quantitative estimate of drug-likeness (QED) is 0.702. The molecule has 0 amide bonds. The topological polar surface area (TPSA) is 21.3 Å². The van der Waals surface area contributed by atoms with E-state index in [9.17, 15) is 0 Å². The van der Waals surface area contributed by atoms with Crippen LogP contribution in [0.25, 0.3) is 0 Å². The zero-order valence-corrected chi connectivity index (χ0v) is 9.98. The highest BCUT2D eigenvalue weighted by Gasteiger charge is 2.24. The monoisotopic (exact) mass is 205 g/mol. The fraction of sp³-hybridized carbons (Fsp3) is 0.538. The Labute approximate surface area is 91.6 Å². The lowest BCUT2D eigenvalue weighted by Gasteiger charge is -2.20. The van der Waals surface area contributed by atoms with Crippen molar-refractivity contribution in [1.29, 1.82) is 0 Å². The minimum atomic E-state index is 0.194. The summed E-state index contributed by atoms with van der Waals surface area (Å²) in [5.74, 6) is 1.03. The molecule has 15 heavy (non-hydrogen) atoms. The Bertz CT molecular complexity index is 382. The van der Waals surface area contributed by atoms with Crippen LogP contribution in [0.5, 0.6) is 5.75 Å². The van der Waals surface area contributed by atoms with Gasteiger partial charge in [0.15, 0.2) is 0 Å². The number of rotatable bonds is 0. The normalized spacial score (nSPS) is 18.4. The van der Waals surface area contributed by atoms with E-state index in [1.807, 2.05) is 0 Å². The molecule has 0 aromatic heterocycles. The number of hydrogen-bond acceptors (Lipinski definition) is 2. The molecule has 2 nitrogen and oxygen atoms in total. The summed E-state index contributed by atoms with van der Waals surface area (Å²) < 4.78 is 5.91. The van der Waals surface area contributed by atoms with Crippen molar-refractivity contribution in [1.82, 2.24) is 0 Å². The molecule has 1 aromatic rings. The van der Waals surface area contributed by atoms with Gasteiger partial charge < -0.3 is 10.1 Å². The highest BCUT2D eigenvalue weighted by atomic mass is 16.5. The summed E-state index contributed by atoms with van der Waals surface area (Å²) in [5.41, 5.74) is 3.86. The van der Waals surface area contributed by atoms with E-state index in [0.29, 0.717) is 0 Å². The van der Waals surface area contributed by atoms with Crippen molar-refractivity contribution in [2.24, 2.45) is 5.41 Å². The van der Waals surface area contributed by atoms with Gasteiger partial charge in [0.1, 0.15) is 5.75 Å². The van der Waals surface area contributed by atoms with Crippen LogP contribution in [-0.2, 0) is 0 Å². The van der Waals surface area contributed by atoms with Gasteiger partial charge in [-0.15, -0.1) is 0 Å². The number of fused-ring (bicyclic) bond motifs is 1. The molecule has 1 heterocycles. The van der Waals surface area contributed by atoms with Gasteiger partial charge in [0.25, 0.3) is 0 Å². The summed E-state index contributed by atoms with van der Waals surface area (Å²) in [6.45, 7) is 10.4. The Morgan fingerprint density at radius 1 is 1.27 bits per heavy atom. The van der Waals surface area contributed by atoms with E-state index in [4.69, 9.17) is 4.74 Å². The summed E-state index contributed by atoms with van der Waals surface area (Å²) >= 11 is 0. The Morgan fingerprint density at radius 3 is 2.73 bits per heavy atom. The van der Waals surface area contributed by atoms with Crippen LogP contribution in [0.1, 0.15) is 25.0 Å². The van der Waals surface area contributed by atoms with Crippen LogP contribution in [0.15, 0.2) is 12.1 Å². The number of hydrogen-bond donors (Lipinski definition) is 1. The van der Waals surface area contributed by atoms with Crippen molar-refractivity contribution in [3.05, 3.63) is 23.3 Å². The molecule has 2 rings (SSSR count). The first-order valence-electron chi connectivity index (χ1n) is 5.46. The Hall–Kier alpha value is -1.18. The van der Waals surface area contributed by atoms with E-state index < -0.39 is 0 Å². The van der Waals surface area contributed by atoms with Gasteiger partial charge >= 0.3 is 0 Å². The molecule has 0 spiro atoms. The zero-order valence-electron chi connectivity index (χ0n) is 9.98. The average molecular weight is 205 g/mol. The lowest BCUT2D eigenvalue weighted by Crippen LogP contribution is -2.27. The van der Waals surface area contributed by atoms with Gasteiger partial charge in [-0.2, -0.15) is 0 Å². The molecule has 1 aliphatic rings. The summed E-state index contributed by atoms with van der Waals surface area (Å²) in [7, 11) is 0. The first-order valence-corrected chi connectivity index (χ1v) is 5.46. The van der Waals surface area contributed by atoms with Gasteiger partial charge in [0, 0.05) is 12.0 Å². The lowest BCUT2D eigenvalue weighted by atomic mass is 9.95. The summed E-state index contributed by atoms with van der Waals surface area (Å²) in [6.07, 6.45) is 0. The number of benzene rings is 1. The van der Waals surface area contributed by atoms with Gasteiger partial charge in [-0.3, -0.25) is 0 Å². The third-order valence-electron chi connectivity index (χ3n) is 3.04. The second kappa shape index (κ2) is 3.44. The smallest absolute Gasteiger partial charge is 0.145 e. The molecule has 0 fully saturated rings. The summed E-state index contributed by atoms with van der Waals surface area (Å²) in [4.78, 5) is 0. The standard InChI is InChI=1S/C13H19NO/c1-9-5-6-11-12(10(9)2)15-8-13(3,4)7-14-11/h5-6,14H,7-8H2,1-4H3. The lowest BCUT2D eigenvalue weighted by molar-refractivity contribution is 0.199. The highest BCUT2D eigenvalue weighted by Crippen LogP contribution is 2.35. The molecule has 1 N–H and O–H groups in total. The molecule has 1 aliphatic heterocycles. The molecule has 0 bridgehead atoms. The average Bonchev–Trinajstić information content (AvgIpc) is 2.32. The van der Waals surface area contributed by atoms with Crippen LogP contribution < -0.4 is 10.1 Å². The Morgan fingerprint density at radius 2 is 2.00 bits per heavy atom. The Kier molecular flexibility index (Phi) is 2.37. The van der Waals surface area contributed by atoms with Crippen LogP contribution in [0.2, 0.25) is 0 Å². The predicted octanol–water partition coefficient (Wildman–Crippen LogP) is 3.13. The van der Waals surface area contributed by atoms with Crippen molar-refractivity contribution >= 4 is 5.69 Å². The third kappa shape index (κ3) is 1.94. The third-order valence-corrected chi connectivity index (χ3v) is 3.04. The minimum Gasteiger partial charge on any atom is -0.491 e. The molecule has 0 radical (unpaired) electrons. The largest absolute Gasteiger partial charge is 0.491 e. The zero-order chi connectivity index (χ0) is 11.1. The molecular formula is C13H19NO. The van der Waals surface area contributed by atoms with Gasteiger partial charge in [0.05, 0.1) is 12.3 Å². The van der Waals surface area contributed by atoms with Gasteiger partial charge in [0.2, 0.25) is 0 Å². The summed E-state index contributed by atoms with van der Waals surface area (Å²) in [6, 6.07) is 4.25. The second-order valence-electron chi connectivity index (χ2n) is 5.19. The number of aryl methyl sites for hydroxylation is 1. The maximum Gasteiger partial charge on any atom is 0.145 e. The van der Waals surface area contributed by atoms with Crippen LogP contribution >= 0.6 is 0 Å². The second-order valence-corrected chi connectivity index (χ2v) is 5.19. The predicted molar refractivity (Wildman–Crippen MR) is 63.7 cm³/mol. The fourth-order valence-electron chi connectivity index (χ4n) is 1.77. The van der Waals surface area contributed by atoms with E-state index in [1.54, 1.807) is 0 Å². The molecule has 0 saturated heterocycles. The van der Waals surface area contributed by atoms with Crippen molar-refractivity contribution in [2.75, 3.05) is 18.5 Å². The molecule has 0 unspecified atom stereocenters. The van der Waals surface area contributed by atoms with Crippen LogP contribution in [0.3, 0.4) is 0 Å². The van der Waals surface area contributed by atoms with Gasteiger partial charge in [-0.1, -0.05) is 19.9 Å². The number of nitrogens with one attached hydrogen (secondary N) is 1. The van der Waals surface area contributed by atoms with E-state index in [0.717, 1.165) is 24.6 Å². The SMILES string of the molecule is Cc1ccc2c(c1C)OCC(C)(C)CN2. The molecule has 82 valence electrons. The summed E-state index contributed by atoms with van der Waals surface area (Å²) in [5, 5.41) is 3.46. The minimum absolute atomic E-state index is 0.194.